The minimum absolute atomic E-state index is 0.183. The maximum absolute atomic E-state index is 13.0. The third-order valence-corrected chi connectivity index (χ3v) is 3.08. The molecule has 2 rings (SSSR count). The molecule has 0 aliphatic heterocycles. The number of aryl methyl sites for hydroxylation is 1. The molecule has 1 nitrogen and oxygen atoms in total. The molecule has 0 aromatic heterocycles. The third kappa shape index (κ3) is 3.41. The van der Waals surface area contributed by atoms with Gasteiger partial charge in [0.2, 0.25) is 0 Å². The van der Waals surface area contributed by atoms with Gasteiger partial charge in [0.25, 0.3) is 0 Å². The van der Waals surface area contributed by atoms with Crippen LogP contribution in [0.4, 0.5) is 4.39 Å². The van der Waals surface area contributed by atoms with Crippen LogP contribution in [0.1, 0.15) is 29.7 Å². The van der Waals surface area contributed by atoms with Crippen molar-refractivity contribution >= 4 is 0 Å². The van der Waals surface area contributed by atoms with Crippen LogP contribution in [-0.2, 0) is 6.54 Å². The maximum atomic E-state index is 13.0. The van der Waals surface area contributed by atoms with Gasteiger partial charge in [0.15, 0.2) is 0 Å². The molecule has 1 atom stereocenters. The van der Waals surface area contributed by atoms with E-state index >= 15 is 0 Å². The first-order chi connectivity index (χ1) is 8.65. The zero-order valence-corrected chi connectivity index (χ0v) is 10.8. The summed E-state index contributed by atoms with van der Waals surface area (Å²) in [5.41, 5.74) is 3.47. The molecule has 1 unspecified atom stereocenters. The third-order valence-electron chi connectivity index (χ3n) is 3.08. The summed E-state index contributed by atoms with van der Waals surface area (Å²) >= 11 is 0. The Hall–Kier alpha value is -1.67. The zero-order valence-electron chi connectivity index (χ0n) is 10.8. The highest BCUT2D eigenvalue weighted by molar-refractivity contribution is 5.24. The van der Waals surface area contributed by atoms with Crippen LogP contribution >= 0.6 is 0 Å². The zero-order chi connectivity index (χ0) is 13.0. The minimum atomic E-state index is -0.183. The van der Waals surface area contributed by atoms with E-state index in [0.717, 1.165) is 5.56 Å². The lowest BCUT2D eigenvalue weighted by Gasteiger charge is -2.14. The van der Waals surface area contributed by atoms with Crippen molar-refractivity contribution in [1.82, 2.24) is 5.32 Å². The molecule has 18 heavy (non-hydrogen) atoms. The molecule has 0 aliphatic carbocycles. The fourth-order valence-electron chi connectivity index (χ4n) is 1.89. The van der Waals surface area contributed by atoms with E-state index in [1.165, 1.54) is 17.2 Å². The Morgan fingerprint density at radius 3 is 2.50 bits per heavy atom. The van der Waals surface area contributed by atoms with Gasteiger partial charge in [-0.25, -0.2) is 4.39 Å². The van der Waals surface area contributed by atoms with Crippen molar-refractivity contribution in [2.24, 2.45) is 0 Å². The number of nitrogens with one attached hydrogen (secondary N) is 1. The summed E-state index contributed by atoms with van der Waals surface area (Å²) in [6.07, 6.45) is 0. The SMILES string of the molecule is Cc1ccc(C(C)NCc2cccc(F)c2)cc1. The molecular weight excluding hydrogens is 225 g/mol. The lowest BCUT2D eigenvalue weighted by atomic mass is 10.1. The monoisotopic (exact) mass is 243 g/mol. The first-order valence-corrected chi connectivity index (χ1v) is 6.19. The van der Waals surface area contributed by atoms with E-state index < -0.39 is 0 Å². The van der Waals surface area contributed by atoms with Crippen molar-refractivity contribution in [2.75, 3.05) is 0 Å². The smallest absolute Gasteiger partial charge is 0.123 e. The van der Waals surface area contributed by atoms with Gasteiger partial charge in [0, 0.05) is 12.6 Å². The first kappa shape index (κ1) is 12.8. The quantitative estimate of drug-likeness (QED) is 0.856. The number of hydrogen-bond donors (Lipinski definition) is 1. The Balaban J connectivity index is 1.96. The summed E-state index contributed by atoms with van der Waals surface area (Å²) in [5, 5.41) is 3.40. The second-order valence-corrected chi connectivity index (χ2v) is 4.64. The van der Waals surface area contributed by atoms with Gasteiger partial charge in [-0.1, -0.05) is 42.0 Å². The lowest BCUT2D eigenvalue weighted by Crippen LogP contribution is -2.18. The van der Waals surface area contributed by atoms with Gasteiger partial charge < -0.3 is 5.32 Å². The Bertz CT molecular complexity index is 505. The van der Waals surface area contributed by atoms with Crippen LogP contribution in [0.5, 0.6) is 0 Å². The molecular formula is C16H18FN. The predicted octanol–water partition coefficient (Wildman–Crippen LogP) is 3.98. The van der Waals surface area contributed by atoms with E-state index in [9.17, 15) is 4.39 Å². The van der Waals surface area contributed by atoms with Gasteiger partial charge in [-0.3, -0.25) is 0 Å². The molecule has 0 amide bonds. The normalized spacial score (nSPS) is 12.4. The number of benzene rings is 2. The summed E-state index contributed by atoms with van der Waals surface area (Å²) in [6, 6.07) is 15.4. The van der Waals surface area contributed by atoms with Crippen LogP contribution in [0.3, 0.4) is 0 Å². The average Bonchev–Trinajstić information content (AvgIpc) is 2.37. The van der Waals surface area contributed by atoms with E-state index in [-0.39, 0.29) is 11.9 Å². The van der Waals surface area contributed by atoms with E-state index in [4.69, 9.17) is 0 Å². The van der Waals surface area contributed by atoms with Crippen LogP contribution < -0.4 is 5.32 Å². The van der Waals surface area contributed by atoms with E-state index in [1.807, 2.05) is 6.07 Å². The van der Waals surface area contributed by atoms with E-state index in [2.05, 4.69) is 43.4 Å². The summed E-state index contributed by atoms with van der Waals surface area (Å²) in [5.74, 6) is -0.183. The molecule has 0 radical (unpaired) electrons. The number of halogens is 1. The molecule has 2 aromatic rings. The second-order valence-electron chi connectivity index (χ2n) is 4.64. The highest BCUT2D eigenvalue weighted by atomic mass is 19.1. The highest BCUT2D eigenvalue weighted by Gasteiger charge is 2.04. The van der Waals surface area contributed by atoms with Crippen molar-refractivity contribution < 1.29 is 4.39 Å². The Morgan fingerprint density at radius 2 is 1.83 bits per heavy atom. The molecule has 0 heterocycles. The van der Waals surface area contributed by atoms with Gasteiger partial charge in [-0.15, -0.1) is 0 Å². The average molecular weight is 243 g/mol. The minimum Gasteiger partial charge on any atom is -0.306 e. The van der Waals surface area contributed by atoms with Crippen LogP contribution in [-0.4, -0.2) is 0 Å². The molecule has 0 aliphatic rings. The van der Waals surface area contributed by atoms with Crippen LogP contribution in [0, 0.1) is 12.7 Å². The molecule has 0 bridgehead atoms. The van der Waals surface area contributed by atoms with E-state index in [1.54, 1.807) is 12.1 Å². The largest absolute Gasteiger partial charge is 0.306 e. The van der Waals surface area contributed by atoms with Crippen molar-refractivity contribution in [3.8, 4) is 0 Å². The topological polar surface area (TPSA) is 12.0 Å². The van der Waals surface area contributed by atoms with Crippen LogP contribution in [0.25, 0.3) is 0 Å². The molecule has 0 spiro atoms. The molecule has 0 saturated heterocycles. The maximum Gasteiger partial charge on any atom is 0.123 e. The summed E-state index contributed by atoms with van der Waals surface area (Å²) < 4.78 is 13.0. The Labute approximate surface area is 108 Å². The molecule has 2 heteroatoms. The fraction of sp³-hybridized carbons (Fsp3) is 0.250. The van der Waals surface area contributed by atoms with Crippen LogP contribution in [0.2, 0.25) is 0 Å². The number of rotatable bonds is 4. The predicted molar refractivity (Wildman–Crippen MR) is 72.8 cm³/mol. The van der Waals surface area contributed by atoms with Gasteiger partial charge in [0.05, 0.1) is 0 Å². The Morgan fingerprint density at radius 1 is 1.11 bits per heavy atom. The van der Waals surface area contributed by atoms with Crippen molar-refractivity contribution in [1.29, 1.82) is 0 Å². The van der Waals surface area contributed by atoms with E-state index in [0.29, 0.717) is 6.54 Å². The van der Waals surface area contributed by atoms with Gasteiger partial charge in [-0.2, -0.15) is 0 Å². The fourth-order valence-corrected chi connectivity index (χ4v) is 1.89. The first-order valence-electron chi connectivity index (χ1n) is 6.19. The van der Waals surface area contributed by atoms with Gasteiger partial charge in [0.1, 0.15) is 5.82 Å². The van der Waals surface area contributed by atoms with Crippen molar-refractivity contribution in [3.05, 3.63) is 71.0 Å². The summed E-state index contributed by atoms with van der Waals surface area (Å²) in [7, 11) is 0. The highest BCUT2D eigenvalue weighted by Crippen LogP contribution is 2.14. The molecule has 0 saturated carbocycles. The summed E-state index contributed by atoms with van der Waals surface area (Å²) in [6.45, 7) is 4.87. The van der Waals surface area contributed by atoms with Gasteiger partial charge >= 0.3 is 0 Å². The van der Waals surface area contributed by atoms with Crippen molar-refractivity contribution in [3.63, 3.8) is 0 Å². The van der Waals surface area contributed by atoms with Gasteiger partial charge in [-0.05, 0) is 37.1 Å². The second kappa shape index (κ2) is 5.78. The van der Waals surface area contributed by atoms with Crippen LogP contribution in [0.15, 0.2) is 48.5 Å². The standard InChI is InChI=1S/C16H18FN/c1-12-6-8-15(9-7-12)13(2)18-11-14-4-3-5-16(17)10-14/h3-10,13,18H,11H2,1-2H3. The molecule has 1 N–H and O–H groups in total. The lowest BCUT2D eigenvalue weighted by molar-refractivity contribution is 0.569. The summed E-state index contributed by atoms with van der Waals surface area (Å²) in [4.78, 5) is 0. The number of hydrogen-bond acceptors (Lipinski definition) is 1. The molecule has 0 fully saturated rings. The Kier molecular flexibility index (Phi) is 4.11. The van der Waals surface area contributed by atoms with Crippen molar-refractivity contribution in [2.45, 2.75) is 26.4 Å². The molecule has 2 aromatic carbocycles. The molecule has 94 valence electrons.